The minimum Gasteiger partial charge on any atom is -0.488 e. The van der Waals surface area contributed by atoms with Gasteiger partial charge < -0.3 is 28.4 Å². The molecule has 368 valence electrons. The maximum atomic E-state index is 12.5. The minimum absolute atomic E-state index is 0.0344. The van der Waals surface area contributed by atoms with E-state index in [1.165, 1.54) is 11.3 Å². The molecule has 3 atom stereocenters. The average molecular weight is 971 g/mol. The fourth-order valence-electron chi connectivity index (χ4n) is 7.86. The van der Waals surface area contributed by atoms with Crippen LogP contribution in [0.1, 0.15) is 115 Å². The van der Waals surface area contributed by atoms with E-state index in [1.807, 2.05) is 88.5 Å². The van der Waals surface area contributed by atoms with Crippen molar-refractivity contribution in [2.75, 3.05) is 39.6 Å². The Bertz CT molecular complexity index is 2650. The van der Waals surface area contributed by atoms with Crippen molar-refractivity contribution in [2.24, 2.45) is 0 Å². The zero-order chi connectivity index (χ0) is 49.2. The SMILES string of the molecule is Cc1cc(O[C@H]2CCCOC2)cc(C(=O)Cc2ccccn2)n1.Cc1cc(O[C@H]2CCCOC2)cc(C(=O)Cc2nc(C)cs2)n1.Cc1ccc(CC(=O)c2cc(O[C@H]3CCCOC3)cc(C)n2)nc1. The normalized spacial score (nSPS) is 17.7. The van der Waals surface area contributed by atoms with Gasteiger partial charge in [-0.15, -0.1) is 11.3 Å². The van der Waals surface area contributed by atoms with E-state index in [0.717, 1.165) is 103 Å². The van der Waals surface area contributed by atoms with E-state index in [1.54, 1.807) is 30.6 Å². The van der Waals surface area contributed by atoms with Gasteiger partial charge >= 0.3 is 0 Å². The van der Waals surface area contributed by atoms with Gasteiger partial charge in [0.2, 0.25) is 0 Å². The van der Waals surface area contributed by atoms with Crippen LogP contribution in [0.25, 0.3) is 0 Å². The molecule has 0 unspecified atom stereocenters. The number of aromatic nitrogens is 6. The standard InChI is InChI=1S/C19H22N2O3.C18H20N2O3.C17H20N2O3S/c1-13-5-6-15(20-11-13)9-19(22)18-10-17(8-14(2)21-18)24-16-4-3-7-23-12-16;1-13-9-16(23-15-6-4-8-22-12-15)11-17(20-13)18(21)10-14-5-2-3-7-19-14;1-11-6-14(22-13-4-3-5-21-9-13)7-15(18-11)16(20)8-17-19-12(2)10-23-17/h5-6,8,10-11,16H,3-4,7,9,12H2,1-2H3;2-3,5,7,9,11,15H,4,6,8,10,12H2,1H3;6-7,10,13H,3-5,8-9H2,1-2H3/t16-;15-;13-/m000/s1. The number of Topliss-reactive ketones (excluding diaryl/α,β-unsaturated/α-hetero) is 3. The minimum atomic E-state index is -0.0582. The Balaban J connectivity index is 0.000000155. The molecule has 16 heteroatoms. The number of pyridine rings is 5. The van der Waals surface area contributed by atoms with Gasteiger partial charge in [-0.3, -0.25) is 24.4 Å². The van der Waals surface area contributed by atoms with E-state index >= 15 is 0 Å². The summed E-state index contributed by atoms with van der Waals surface area (Å²) < 4.78 is 34.1. The molecule has 0 aliphatic carbocycles. The number of hydrogen-bond donors (Lipinski definition) is 0. The zero-order valence-corrected chi connectivity index (χ0v) is 41.5. The highest BCUT2D eigenvalue weighted by Crippen LogP contribution is 2.24. The van der Waals surface area contributed by atoms with Crippen molar-refractivity contribution in [3.05, 3.63) is 146 Å². The van der Waals surface area contributed by atoms with Gasteiger partial charge in [-0.05, 0) is 96.9 Å². The van der Waals surface area contributed by atoms with Crippen LogP contribution in [-0.4, -0.2) is 105 Å². The van der Waals surface area contributed by atoms with E-state index in [9.17, 15) is 14.4 Å². The molecule has 9 rings (SSSR count). The molecule has 0 bridgehead atoms. The Kier molecular flexibility index (Phi) is 19.2. The monoisotopic (exact) mass is 970 g/mol. The first-order valence-corrected chi connectivity index (χ1v) is 24.8. The summed E-state index contributed by atoms with van der Waals surface area (Å²) in [5.41, 5.74) is 7.09. The molecular formula is C54H62N6O9S. The lowest BCUT2D eigenvalue weighted by Crippen LogP contribution is -2.28. The van der Waals surface area contributed by atoms with Gasteiger partial charge in [0.15, 0.2) is 17.3 Å². The van der Waals surface area contributed by atoms with E-state index in [0.29, 0.717) is 54.2 Å². The molecule has 0 aromatic carbocycles. The molecule has 70 heavy (non-hydrogen) atoms. The summed E-state index contributed by atoms with van der Waals surface area (Å²) in [5.74, 6) is 1.90. The summed E-state index contributed by atoms with van der Waals surface area (Å²) in [5, 5.41) is 2.77. The zero-order valence-electron chi connectivity index (χ0n) is 40.7. The number of hydrogen-bond acceptors (Lipinski definition) is 16. The van der Waals surface area contributed by atoms with Crippen LogP contribution < -0.4 is 14.2 Å². The predicted molar refractivity (Wildman–Crippen MR) is 264 cm³/mol. The molecule has 0 spiro atoms. The third-order valence-electron chi connectivity index (χ3n) is 11.3. The topological polar surface area (TPSA) is 184 Å². The largest absolute Gasteiger partial charge is 0.488 e. The van der Waals surface area contributed by atoms with E-state index in [2.05, 4.69) is 29.9 Å². The molecule has 6 aromatic heterocycles. The molecule has 0 N–H and O–H groups in total. The van der Waals surface area contributed by atoms with Crippen LogP contribution in [0.15, 0.2) is 84.5 Å². The Morgan fingerprint density at radius 3 is 1.37 bits per heavy atom. The van der Waals surface area contributed by atoms with Gasteiger partial charge in [0.05, 0.1) is 39.1 Å². The Labute approximate surface area is 413 Å². The molecule has 0 radical (unpaired) electrons. The maximum absolute atomic E-state index is 12.5. The molecule has 9 heterocycles. The summed E-state index contributed by atoms with van der Waals surface area (Å²) >= 11 is 1.50. The number of ether oxygens (including phenoxy) is 6. The summed E-state index contributed by atoms with van der Waals surface area (Å²) in [6, 6.07) is 20.1. The molecule has 3 saturated heterocycles. The van der Waals surface area contributed by atoms with Gasteiger partial charge in [0.25, 0.3) is 0 Å². The third kappa shape index (κ3) is 16.7. The highest BCUT2D eigenvalue weighted by atomic mass is 32.1. The molecule has 0 amide bonds. The number of rotatable bonds is 15. The quantitative estimate of drug-likeness (QED) is 0.0888. The molecule has 6 aromatic rings. The average Bonchev–Trinajstić information content (AvgIpc) is 3.77. The Morgan fingerprint density at radius 1 is 0.543 bits per heavy atom. The van der Waals surface area contributed by atoms with Crippen molar-refractivity contribution in [1.29, 1.82) is 0 Å². The number of thiazole rings is 1. The van der Waals surface area contributed by atoms with Crippen LogP contribution in [0.5, 0.6) is 17.2 Å². The molecule has 3 fully saturated rings. The summed E-state index contributed by atoms with van der Waals surface area (Å²) in [6.45, 7) is 13.7. The molecule has 0 saturated carbocycles. The fourth-order valence-corrected chi connectivity index (χ4v) is 8.63. The lowest BCUT2D eigenvalue weighted by atomic mass is 10.1. The van der Waals surface area contributed by atoms with Crippen LogP contribution in [0.4, 0.5) is 0 Å². The maximum Gasteiger partial charge on any atom is 0.188 e. The van der Waals surface area contributed by atoms with Gasteiger partial charge in [-0.25, -0.2) is 19.9 Å². The third-order valence-corrected chi connectivity index (χ3v) is 12.2. The summed E-state index contributed by atoms with van der Waals surface area (Å²) in [4.78, 5) is 63.2. The van der Waals surface area contributed by atoms with E-state index in [-0.39, 0.29) is 54.9 Å². The molecule has 3 aliphatic rings. The van der Waals surface area contributed by atoms with Crippen molar-refractivity contribution in [1.82, 2.24) is 29.9 Å². The molecular weight excluding hydrogens is 909 g/mol. The lowest BCUT2D eigenvalue weighted by Gasteiger charge is -2.23. The van der Waals surface area contributed by atoms with Gasteiger partial charge in [-0.1, -0.05) is 12.1 Å². The van der Waals surface area contributed by atoms with Crippen molar-refractivity contribution >= 4 is 28.7 Å². The lowest BCUT2D eigenvalue weighted by molar-refractivity contribution is 0.00734. The van der Waals surface area contributed by atoms with Crippen molar-refractivity contribution in [3.8, 4) is 17.2 Å². The predicted octanol–water partition coefficient (Wildman–Crippen LogP) is 8.98. The van der Waals surface area contributed by atoms with Gasteiger partial charge in [0, 0.05) is 108 Å². The van der Waals surface area contributed by atoms with Crippen LogP contribution in [0, 0.1) is 34.6 Å². The van der Waals surface area contributed by atoms with Crippen LogP contribution >= 0.6 is 11.3 Å². The van der Waals surface area contributed by atoms with Crippen molar-refractivity contribution < 1.29 is 42.8 Å². The number of aryl methyl sites for hydroxylation is 5. The van der Waals surface area contributed by atoms with Gasteiger partial charge in [-0.2, -0.15) is 0 Å². The summed E-state index contributed by atoms with van der Waals surface area (Å²) in [7, 11) is 0. The van der Waals surface area contributed by atoms with Crippen LogP contribution in [0.3, 0.4) is 0 Å². The second-order valence-electron chi connectivity index (χ2n) is 17.7. The highest BCUT2D eigenvalue weighted by molar-refractivity contribution is 7.09. The van der Waals surface area contributed by atoms with E-state index in [4.69, 9.17) is 28.4 Å². The summed E-state index contributed by atoms with van der Waals surface area (Å²) in [6.07, 6.45) is 10.3. The first kappa shape index (κ1) is 51.5. The Hall–Kier alpha value is -6.33. The highest BCUT2D eigenvalue weighted by Gasteiger charge is 2.21. The fraction of sp³-hybridized carbons (Fsp3) is 0.426. The Morgan fingerprint density at radius 2 is 1.00 bits per heavy atom. The first-order valence-electron chi connectivity index (χ1n) is 23.9. The smallest absolute Gasteiger partial charge is 0.188 e. The van der Waals surface area contributed by atoms with Crippen molar-refractivity contribution in [3.63, 3.8) is 0 Å². The molecule has 3 aliphatic heterocycles. The van der Waals surface area contributed by atoms with Crippen LogP contribution in [-0.2, 0) is 33.5 Å². The second kappa shape index (κ2) is 26.0. The van der Waals surface area contributed by atoms with Crippen molar-refractivity contribution in [2.45, 2.75) is 111 Å². The van der Waals surface area contributed by atoms with Crippen LogP contribution in [0.2, 0.25) is 0 Å². The number of carbonyl (C=O) groups excluding carboxylic acids is 3. The van der Waals surface area contributed by atoms with E-state index < -0.39 is 0 Å². The number of carbonyl (C=O) groups is 3. The van der Waals surface area contributed by atoms with Gasteiger partial charge in [0.1, 0.15) is 57.6 Å². The number of ketones is 3. The molecule has 15 nitrogen and oxygen atoms in total. The number of nitrogens with zero attached hydrogens (tertiary/aromatic N) is 6. The first-order chi connectivity index (χ1) is 33.9. The second-order valence-corrected chi connectivity index (χ2v) is 18.6.